The van der Waals surface area contributed by atoms with E-state index in [-0.39, 0.29) is 0 Å². The Morgan fingerprint density at radius 1 is 1.17 bits per heavy atom. The third-order valence-corrected chi connectivity index (χ3v) is 3.76. The van der Waals surface area contributed by atoms with Crippen LogP contribution in [0.4, 0.5) is 0 Å². The first-order valence-electron chi connectivity index (χ1n) is 6.86. The molecular weight excluding hydrogens is 222 g/mol. The lowest BCUT2D eigenvalue weighted by Crippen LogP contribution is -2.42. The molecule has 2 rings (SSSR count). The molecule has 2 N–H and O–H groups in total. The predicted molar refractivity (Wildman–Crippen MR) is 76.4 cm³/mol. The van der Waals surface area contributed by atoms with Gasteiger partial charge in [-0.2, -0.15) is 0 Å². The molecule has 0 spiro atoms. The minimum Gasteiger partial charge on any atom is -0.389 e. The van der Waals surface area contributed by atoms with Gasteiger partial charge in [0, 0.05) is 13.1 Å². The highest BCUT2D eigenvalue weighted by atomic mass is 16.3. The van der Waals surface area contributed by atoms with Gasteiger partial charge in [0.2, 0.25) is 0 Å². The summed E-state index contributed by atoms with van der Waals surface area (Å²) in [5.41, 5.74) is 1.76. The van der Waals surface area contributed by atoms with Gasteiger partial charge in [-0.15, -0.1) is 0 Å². The minimum atomic E-state index is -0.491. The second-order valence-electron chi connectivity index (χ2n) is 5.36. The Bertz CT molecular complexity index is 379. The van der Waals surface area contributed by atoms with Gasteiger partial charge in [-0.05, 0) is 24.0 Å². The van der Waals surface area contributed by atoms with Gasteiger partial charge in [0.15, 0.2) is 0 Å². The minimum absolute atomic E-state index is 0.491. The summed E-state index contributed by atoms with van der Waals surface area (Å²) in [5, 5.41) is 13.7. The quantitative estimate of drug-likeness (QED) is 0.836. The van der Waals surface area contributed by atoms with E-state index in [1.54, 1.807) is 0 Å². The SMILES string of the molecule is C=C(CNCC1(O)CCCCC1)c1ccccc1. The Morgan fingerprint density at radius 2 is 1.83 bits per heavy atom. The van der Waals surface area contributed by atoms with Crippen LogP contribution in [0.1, 0.15) is 37.7 Å². The van der Waals surface area contributed by atoms with Crippen molar-refractivity contribution in [2.45, 2.75) is 37.7 Å². The van der Waals surface area contributed by atoms with E-state index in [4.69, 9.17) is 0 Å². The largest absolute Gasteiger partial charge is 0.389 e. The van der Waals surface area contributed by atoms with E-state index in [9.17, 15) is 5.11 Å². The molecule has 0 saturated heterocycles. The summed E-state index contributed by atoms with van der Waals surface area (Å²) in [5.74, 6) is 0. The van der Waals surface area contributed by atoms with Crippen molar-refractivity contribution in [1.29, 1.82) is 0 Å². The van der Waals surface area contributed by atoms with Crippen LogP contribution in [0, 0.1) is 0 Å². The van der Waals surface area contributed by atoms with E-state index in [1.807, 2.05) is 18.2 Å². The maximum Gasteiger partial charge on any atom is 0.0771 e. The number of aliphatic hydroxyl groups is 1. The maximum atomic E-state index is 10.4. The molecule has 0 aromatic heterocycles. The van der Waals surface area contributed by atoms with Crippen LogP contribution < -0.4 is 5.32 Å². The number of rotatable bonds is 5. The summed E-state index contributed by atoms with van der Waals surface area (Å²) in [7, 11) is 0. The van der Waals surface area contributed by atoms with Crippen LogP contribution in [0.3, 0.4) is 0 Å². The number of nitrogens with one attached hydrogen (secondary N) is 1. The number of benzene rings is 1. The van der Waals surface area contributed by atoms with Crippen LogP contribution in [0.15, 0.2) is 36.9 Å². The molecule has 0 heterocycles. The van der Waals surface area contributed by atoms with Gasteiger partial charge >= 0.3 is 0 Å². The molecule has 2 nitrogen and oxygen atoms in total. The topological polar surface area (TPSA) is 32.3 Å². The normalized spacial score (nSPS) is 18.5. The average molecular weight is 245 g/mol. The molecule has 0 atom stereocenters. The zero-order chi connectivity index (χ0) is 12.8. The molecule has 0 amide bonds. The van der Waals surface area contributed by atoms with E-state index >= 15 is 0 Å². The van der Waals surface area contributed by atoms with Gasteiger partial charge in [-0.3, -0.25) is 0 Å². The molecule has 98 valence electrons. The fourth-order valence-electron chi connectivity index (χ4n) is 2.61. The predicted octanol–water partition coefficient (Wildman–Crippen LogP) is 2.98. The lowest BCUT2D eigenvalue weighted by Gasteiger charge is -2.32. The standard InChI is InChI=1S/C16H23NO/c1-14(15-8-4-2-5-9-15)12-17-13-16(18)10-6-3-7-11-16/h2,4-5,8-9,17-18H,1,3,6-7,10-13H2. The zero-order valence-corrected chi connectivity index (χ0v) is 11.0. The summed E-state index contributed by atoms with van der Waals surface area (Å²) in [6.07, 6.45) is 5.42. The Morgan fingerprint density at radius 3 is 2.50 bits per heavy atom. The molecule has 0 bridgehead atoms. The molecule has 0 aliphatic heterocycles. The molecule has 1 aliphatic carbocycles. The summed E-state index contributed by atoms with van der Waals surface area (Å²) in [4.78, 5) is 0. The van der Waals surface area contributed by atoms with Crippen LogP contribution in [-0.2, 0) is 0 Å². The lowest BCUT2D eigenvalue weighted by molar-refractivity contribution is 0.00587. The van der Waals surface area contributed by atoms with E-state index < -0.39 is 5.60 Å². The molecule has 1 aromatic rings. The average Bonchev–Trinajstić information content (AvgIpc) is 2.40. The van der Waals surface area contributed by atoms with E-state index in [0.29, 0.717) is 6.54 Å². The summed E-state index contributed by atoms with van der Waals surface area (Å²) >= 11 is 0. The van der Waals surface area contributed by atoms with Gasteiger partial charge in [0.05, 0.1) is 5.60 Å². The first-order chi connectivity index (χ1) is 8.70. The highest BCUT2D eigenvalue weighted by Gasteiger charge is 2.28. The van der Waals surface area contributed by atoms with Crippen LogP contribution >= 0.6 is 0 Å². The molecule has 1 aromatic carbocycles. The van der Waals surface area contributed by atoms with Crippen molar-refractivity contribution in [1.82, 2.24) is 5.32 Å². The van der Waals surface area contributed by atoms with E-state index in [0.717, 1.165) is 37.8 Å². The second-order valence-corrected chi connectivity index (χ2v) is 5.36. The van der Waals surface area contributed by atoms with Crippen LogP contribution in [0.2, 0.25) is 0 Å². The van der Waals surface area contributed by atoms with Gasteiger partial charge in [0.1, 0.15) is 0 Å². The number of hydrogen-bond donors (Lipinski definition) is 2. The molecule has 0 radical (unpaired) electrons. The first-order valence-corrected chi connectivity index (χ1v) is 6.86. The zero-order valence-electron chi connectivity index (χ0n) is 11.0. The van der Waals surface area contributed by atoms with Gasteiger partial charge < -0.3 is 10.4 Å². The third kappa shape index (κ3) is 3.69. The van der Waals surface area contributed by atoms with Crippen molar-refractivity contribution in [3.05, 3.63) is 42.5 Å². The molecule has 1 fully saturated rings. The molecule has 1 aliphatic rings. The fourth-order valence-corrected chi connectivity index (χ4v) is 2.61. The van der Waals surface area contributed by atoms with Gasteiger partial charge in [-0.1, -0.05) is 56.2 Å². The molecule has 1 saturated carbocycles. The Labute approximate surface area is 110 Å². The van der Waals surface area contributed by atoms with Crippen molar-refractivity contribution < 1.29 is 5.11 Å². The summed E-state index contributed by atoms with van der Waals surface area (Å²) in [6.45, 7) is 5.51. The third-order valence-electron chi connectivity index (χ3n) is 3.76. The van der Waals surface area contributed by atoms with Crippen LogP contribution in [0.25, 0.3) is 5.57 Å². The molecule has 2 heteroatoms. The fraction of sp³-hybridized carbons (Fsp3) is 0.500. The lowest BCUT2D eigenvalue weighted by atomic mass is 9.85. The van der Waals surface area contributed by atoms with Crippen LogP contribution in [-0.4, -0.2) is 23.8 Å². The van der Waals surface area contributed by atoms with Crippen molar-refractivity contribution in [3.63, 3.8) is 0 Å². The maximum absolute atomic E-state index is 10.4. The highest BCUT2D eigenvalue weighted by Crippen LogP contribution is 2.27. The molecular formula is C16H23NO. The van der Waals surface area contributed by atoms with Gasteiger partial charge in [0.25, 0.3) is 0 Å². The van der Waals surface area contributed by atoms with Crippen molar-refractivity contribution in [2.24, 2.45) is 0 Å². The summed E-state index contributed by atoms with van der Waals surface area (Å²) in [6, 6.07) is 10.2. The first kappa shape index (κ1) is 13.3. The van der Waals surface area contributed by atoms with E-state index in [2.05, 4.69) is 24.0 Å². The summed E-state index contributed by atoms with van der Waals surface area (Å²) < 4.78 is 0. The Balaban J connectivity index is 1.77. The van der Waals surface area contributed by atoms with Crippen molar-refractivity contribution >= 4 is 5.57 Å². The Hall–Kier alpha value is -1.12. The Kier molecular flexibility index (Phi) is 4.56. The van der Waals surface area contributed by atoms with Gasteiger partial charge in [-0.25, -0.2) is 0 Å². The van der Waals surface area contributed by atoms with Crippen molar-refractivity contribution in [2.75, 3.05) is 13.1 Å². The number of hydrogen-bond acceptors (Lipinski definition) is 2. The molecule has 0 unspecified atom stereocenters. The highest BCUT2D eigenvalue weighted by molar-refractivity contribution is 5.64. The monoisotopic (exact) mass is 245 g/mol. The van der Waals surface area contributed by atoms with Crippen LogP contribution in [0.5, 0.6) is 0 Å². The van der Waals surface area contributed by atoms with Crippen molar-refractivity contribution in [3.8, 4) is 0 Å². The van der Waals surface area contributed by atoms with E-state index in [1.165, 1.54) is 12.0 Å². The second kappa shape index (κ2) is 6.17. The smallest absolute Gasteiger partial charge is 0.0771 e. The molecule has 18 heavy (non-hydrogen) atoms.